The molecular weight excluding hydrogens is 687 g/mol. The van der Waals surface area contributed by atoms with Crippen molar-refractivity contribution >= 4 is 40.4 Å². The molecule has 268 valence electrons. The van der Waals surface area contributed by atoms with Gasteiger partial charge in [0.2, 0.25) is 6.71 Å². The SMILES string of the molecule is C1=CC2C3B(c4ccccc4N(c4c(-c5ccccc5)cccc4-c4ccccc4)C3=C1)c1ccccc1N2c1c(-c2ccccc2)cccc1-c1ccccc1. The van der Waals surface area contributed by atoms with E-state index in [0.29, 0.717) is 0 Å². The van der Waals surface area contributed by atoms with Gasteiger partial charge in [-0.05, 0) is 45.9 Å². The zero-order valence-corrected chi connectivity index (χ0v) is 31.5. The van der Waals surface area contributed by atoms with E-state index in [9.17, 15) is 0 Å². The summed E-state index contributed by atoms with van der Waals surface area (Å²) < 4.78 is 0. The van der Waals surface area contributed by atoms with Crippen molar-refractivity contribution in [1.82, 2.24) is 0 Å². The highest BCUT2D eigenvalue weighted by Gasteiger charge is 2.52. The summed E-state index contributed by atoms with van der Waals surface area (Å²) in [7, 11) is 0. The van der Waals surface area contributed by atoms with Crippen LogP contribution in [0.1, 0.15) is 0 Å². The molecule has 2 nitrogen and oxygen atoms in total. The molecule has 0 amide bonds. The van der Waals surface area contributed by atoms with Gasteiger partial charge in [0, 0.05) is 45.1 Å². The molecule has 0 radical (unpaired) electrons. The molecule has 1 aliphatic carbocycles. The van der Waals surface area contributed by atoms with E-state index >= 15 is 0 Å². The van der Waals surface area contributed by atoms with Crippen LogP contribution in [0.4, 0.5) is 22.7 Å². The van der Waals surface area contributed by atoms with Gasteiger partial charge in [-0.1, -0.05) is 212 Å². The molecule has 0 N–H and O–H groups in total. The van der Waals surface area contributed by atoms with E-state index in [1.54, 1.807) is 0 Å². The van der Waals surface area contributed by atoms with Crippen LogP contribution < -0.4 is 20.7 Å². The minimum Gasteiger partial charge on any atom is -0.334 e. The largest absolute Gasteiger partial charge is 0.334 e. The fourth-order valence-electron chi connectivity index (χ4n) is 9.80. The predicted molar refractivity (Wildman–Crippen MR) is 242 cm³/mol. The molecule has 2 unspecified atom stereocenters. The van der Waals surface area contributed by atoms with E-state index in [1.807, 2.05) is 0 Å². The van der Waals surface area contributed by atoms with Crippen LogP contribution >= 0.6 is 0 Å². The molecule has 2 heterocycles. The molecule has 0 saturated heterocycles. The topological polar surface area (TPSA) is 6.48 Å². The molecule has 0 fully saturated rings. The highest BCUT2D eigenvalue weighted by Crippen LogP contribution is 2.55. The van der Waals surface area contributed by atoms with Gasteiger partial charge in [-0.25, -0.2) is 0 Å². The summed E-state index contributed by atoms with van der Waals surface area (Å²) in [6, 6.07) is 75.6. The zero-order chi connectivity index (χ0) is 37.7. The lowest BCUT2D eigenvalue weighted by Gasteiger charge is -2.53. The standard InChI is InChI=1S/C54H39BN2/c1-5-20-38(21-6-1)42-28-17-29-43(39-22-7-2-8-23-39)53(42)56-48-34-15-13-32-46(48)55-47-33-14-16-35-49(47)57(51-37-19-36-50(56)52(51)55)54-44(40-24-9-3-10-25-40)30-18-31-45(54)41-26-11-4-12-27-41/h1-37,50,52H. The van der Waals surface area contributed by atoms with Crippen LogP contribution in [0.15, 0.2) is 230 Å². The molecule has 8 aromatic rings. The number of anilines is 4. The Hall–Kier alpha value is -7.10. The second-order valence-corrected chi connectivity index (χ2v) is 15.2. The van der Waals surface area contributed by atoms with E-state index in [1.165, 1.54) is 83.9 Å². The molecular formula is C54H39BN2. The van der Waals surface area contributed by atoms with Gasteiger partial charge in [0.05, 0.1) is 17.4 Å². The van der Waals surface area contributed by atoms with Crippen molar-refractivity contribution in [3.63, 3.8) is 0 Å². The molecule has 0 saturated carbocycles. The lowest BCUT2D eigenvalue weighted by molar-refractivity contribution is 0.724. The first-order valence-corrected chi connectivity index (χ1v) is 20.0. The van der Waals surface area contributed by atoms with Crippen LogP contribution in [0.5, 0.6) is 0 Å². The molecule has 0 aromatic heterocycles. The molecule has 11 rings (SSSR count). The Balaban J connectivity index is 1.20. The third-order valence-corrected chi connectivity index (χ3v) is 12.1. The second-order valence-electron chi connectivity index (χ2n) is 15.2. The van der Waals surface area contributed by atoms with E-state index in [4.69, 9.17) is 0 Å². The van der Waals surface area contributed by atoms with Gasteiger partial charge >= 0.3 is 0 Å². The average molecular weight is 727 g/mol. The Bertz CT molecular complexity index is 2700. The number of benzene rings is 8. The van der Waals surface area contributed by atoms with Crippen LogP contribution in [-0.4, -0.2) is 12.8 Å². The van der Waals surface area contributed by atoms with Gasteiger partial charge < -0.3 is 9.80 Å². The first-order valence-electron chi connectivity index (χ1n) is 20.0. The summed E-state index contributed by atoms with van der Waals surface area (Å²) in [6.45, 7) is 0.152. The summed E-state index contributed by atoms with van der Waals surface area (Å²) in [6.07, 6.45) is 7.17. The summed E-state index contributed by atoms with van der Waals surface area (Å²) in [5, 5.41) is 0. The van der Waals surface area contributed by atoms with Crippen LogP contribution in [-0.2, 0) is 0 Å². The lowest BCUT2D eigenvalue weighted by Crippen LogP contribution is -2.63. The Kier molecular flexibility index (Phi) is 8.10. The average Bonchev–Trinajstić information content (AvgIpc) is 3.30. The number of hydrogen-bond donors (Lipinski definition) is 0. The molecule has 2 aliphatic heterocycles. The van der Waals surface area contributed by atoms with Crippen molar-refractivity contribution in [2.75, 3.05) is 9.80 Å². The summed E-state index contributed by atoms with van der Waals surface area (Å²) in [5.41, 5.74) is 18.7. The van der Waals surface area contributed by atoms with Crippen molar-refractivity contribution in [2.45, 2.75) is 11.9 Å². The van der Waals surface area contributed by atoms with E-state index in [-0.39, 0.29) is 18.6 Å². The number of rotatable bonds is 6. The summed E-state index contributed by atoms with van der Waals surface area (Å²) in [5.74, 6) is 0.111. The molecule has 2 atom stereocenters. The molecule has 8 aromatic carbocycles. The maximum Gasteiger partial charge on any atom is 0.226 e. The molecule has 0 bridgehead atoms. The van der Waals surface area contributed by atoms with E-state index in [2.05, 4.69) is 234 Å². The minimum absolute atomic E-state index is 0.0251. The van der Waals surface area contributed by atoms with Gasteiger partial charge in [-0.15, -0.1) is 0 Å². The number of hydrogen-bond acceptors (Lipinski definition) is 2. The number of fused-ring (bicyclic) bond motifs is 4. The Morgan fingerprint density at radius 2 is 0.772 bits per heavy atom. The lowest BCUT2D eigenvalue weighted by atomic mass is 9.28. The molecule has 3 aliphatic rings. The van der Waals surface area contributed by atoms with E-state index in [0.717, 1.165) is 0 Å². The molecule has 57 heavy (non-hydrogen) atoms. The third-order valence-electron chi connectivity index (χ3n) is 12.1. The Labute approximate surface area is 335 Å². The highest BCUT2D eigenvalue weighted by atomic mass is 15.2. The van der Waals surface area contributed by atoms with Gasteiger partial charge in [0.25, 0.3) is 0 Å². The fourth-order valence-corrected chi connectivity index (χ4v) is 9.80. The fraction of sp³-hybridized carbons (Fsp3) is 0.0370. The quantitative estimate of drug-likeness (QED) is 0.157. The van der Waals surface area contributed by atoms with Crippen LogP contribution in [0.2, 0.25) is 5.82 Å². The van der Waals surface area contributed by atoms with Crippen LogP contribution in [0, 0.1) is 0 Å². The monoisotopic (exact) mass is 726 g/mol. The first kappa shape index (κ1) is 33.3. The van der Waals surface area contributed by atoms with Crippen molar-refractivity contribution in [3.8, 4) is 44.5 Å². The molecule has 3 heteroatoms. The minimum atomic E-state index is 0.0251. The van der Waals surface area contributed by atoms with Gasteiger partial charge in [0.15, 0.2) is 0 Å². The maximum absolute atomic E-state index is 2.68. The van der Waals surface area contributed by atoms with Crippen LogP contribution in [0.3, 0.4) is 0 Å². The maximum atomic E-state index is 2.68. The van der Waals surface area contributed by atoms with E-state index < -0.39 is 0 Å². The van der Waals surface area contributed by atoms with Crippen molar-refractivity contribution in [1.29, 1.82) is 0 Å². The van der Waals surface area contributed by atoms with Gasteiger partial charge in [-0.2, -0.15) is 0 Å². The molecule has 0 spiro atoms. The van der Waals surface area contributed by atoms with Gasteiger partial charge in [0.1, 0.15) is 0 Å². The Morgan fingerprint density at radius 1 is 0.368 bits per heavy atom. The Morgan fingerprint density at radius 3 is 1.26 bits per heavy atom. The number of nitrogens with zero attached hydrogens (tertiary/aromatic N) is 2. The number of allylic oxidation sites excluding steroid dienone is 2. The normalized spacial score (nSPS) is 16.4. The summed E-state index contributed by atoms with van der Waals surface area (Å²) in [4.78, 5) is 5.29. The smallest absolute Gasteiger partial charge is 0.226 e. The first-order chi connectivity index (χ1) is 28.3. The highest BCUT2D eigenvalue weighted by molar-refractivity contribution is 6.90. The van der Waals surface area contributed by atoms with Crippen molar-refractivity contribution in [2.24, 2.45) is 0 Å². The summed E-state index contributed by atoms with van der Waals surface area (Å²) >= 11 is 0. The zero-order valence-electron chi connectivity index (χ0n) is 31.5. The predicted octanol–water partition coefficient (Wildman–Crippen LogP) is 12.5. The number of para-hydroxylation sites is 4. The van der Waals surface area contributed by atoms with Crippen LogP contribution in [0.25, 0.3) is 44.5 Å². The third kappa shape index (κ3) is 5.42. The van der Waals surface area contributed by atoms with Crippen molar-refractivity contribution < 1.29 is 0 Å². The second kappa shape index (κ2) is 13.9. The van der Waals surface area contributed by atoms with Crippen molar-refractivity contribution in [3.05, 3.63) is 230 Å². The van der Waals surface area contributed by atoms with Gasteiger partial charge in [-0.3, -0.25) is 0 Å².